The van der Waals surface area contributed by atoms with Crippen molar-refractivity contribution in [3.63, 3.8) is 0 Å². The lowest BCUT2D eigenvalue weighted by Crippen LogP contribution is -2.33. The van der Waals surface area contributed by atoms with E-state index in [4.69, 9.17) is 0 Å². The van der Waals surface area contributed by atoms with Crippen molar-refractivity contribution in [1.29, 1.82) is 0 Å². The van der Waals surface area contributed by atoms with Gasteiger partial charge in [-0.2, -0.15) is 0 Å². The van der Waals surface area contributed by atoms with Crippen LogP contribution in [0.2, 0.25) is 0 Å². The molecule has 0 saturated heterocycles. The van der Waals surface area contributed by atoms with Crippen molar-refractivity contribution in [2.24, 2.45) is 0 Å². The molecule has 1 unspecified atom stereocenters. The predicted octanol–water partition coefficient (Wildman–Crippen LogP) is 5.84. The van der Waals surface area contributed by atoms with Crippen molar-refractivity contribution < 1.29 is 4.79 Å². The van der Waals surface area contributed by atoms with E-state index >= 15 is 0 Å². The minimum atomic E-state index is -0.675. The van der Waals surface area contributed by atoms with E-state index in [0.717, 1.165) is 22.3 Å². The van der Waals surface area contributed by atoms with Crippen LogP contribution in [0.25, 0.3) is 32.5 Å². The van der Waals surface area contributed by atoms with Crippen LogP contribution in [0.5, 0.6) is 0 Å². The molecule has 0 spiro atoms. The maximum Gasteiger partial charge on any atom is 0.263 e. The van der Waals surface area contributed by atoms with Crippen molar-refractivity contribution in [3.8, 4) is 22.3 Å². The molecule has 8 heteroatoms. The van der Waals surface area contributed by atoms with Crippen LogP contribution in [-0.4, -0.2) is 20.4 Å². The number of amides is 1. The first-order valence-electron chi connectivity index (χ1n) is 10.5. The molecule has 33 heavy (non-hydrogen) atoms. The molecule has 3 heterocycles. The van der Waals surface area contributed by atoms with Crippen LogP contribution >= 0.6 is 22.7 Å². The molecule has 3 aromatic heterocycles. The molecule has 2 aromatic carbocycles. The van der Waals surface area contributed by atoms with Crippen LogP contribution in [0.1, 0.15) is 19.4 Å². The topological polar surface area (TPSA) is 76.9 Å². The summed E-state index contributed by atoms with van der Waals surface area (Å²) in [6.07, 6.45) is 3.55. The molecule has 1 amide bonds. The summed E-state index contributed by atoms with van der Waals surface area (Å²) in [6, 6.07) is 17.6. The number of thiazole rings is 1. The number of rotatable bonds is 6. The Hall–Kier alpha value is -3.62. The minimum Gasteiger partial charge on any atom is -0.300 e. The molecule has 1 atom stereocenters. The number of aromatic nitrogens is 3. The van der Waals surface area contributed by atoms with Gasteiger partial charge in [0, 0.05) is 22.5 Å². The maximum atomic E-state index is 13.5. The standard InChI is InChI=1S/C25H20N4O2S2/c1-2-20(22(30)28-25-26-12-13-32-25)29-15-27-23-21(24(29)31)19(14-33-23)18-10-8-17(9-11-18)16-6-4-3-5-7-16/h3-15,20H,2H2,1H3,(H,26,28,30). The van der Waals surface area contributed by atoms with Gasteiger partial charge in [-0.3, -0.25) is 14.2 Å². The normalized spacial score (nSPS) is 12.0. The molecule has 0 aliphatic rings. The van der Waals surface area contributed by atoms with Gasteiger partial charge in [-0.25, -0.2) is 9.97 Å². The largest absolute Gasteiger partial charge is 0.300 e. The molecular formula is C25H20N4O2S2. The summed E-state index contributed by atoms with van der Waals surface area (Å²) in [7, 11) is 0. The zero-order valence-corrected chi connectivity index (χ0v) is 19.4. The minimum absolute atomic E-state index is 0.218. The Labute approximate surface area is 198 Å². The van der Waals surface area contributed by atoms with Crippen molar-refractivity contribution >= 4 is 43.9 Å². The number of anilines is 1. The summed E-state index contributed by atoms with van der Waals surface area (Å²) < 4.78 is 1.43. The molecule has 5 aromatic rings. The van der Waals surface area contributed by atoms with E-state index in [1.165, 1.54) is 33.6 Å². The van der Waals surface area contributed by atoms with Gasteiger partial charge < -0.3 is 5.32 Å². The van der Waals surface area contributed by atoms with E-state index in [2.05, 4.69) is 39.6 Å². The Balaban J connectivity index is 1.52. The Morgan fingerprint density at radius 1 is 1.00 bits per heavy atom. The van der Waals surface area contributed by atoms with Crippen LogP contribution in [-0.2, 0) is 4.79 Å². The third kappa shape index (κ3) is 4.10. The average molecular weight is 473 g/mol. The second-order valence-corrected chi connectivity index (χ2v) is 9.23. The van der Waals surface area contributed by atoms with E-state index in [1.54, 1.807) is 11.6 Å². The third-order valence-corrected chi connectivity index (χ3v) is 7.08. The second kappa shape index (κ2) is 9.09. The van der Waals surface area contributed by atoms with Crippen LogP contribution in [0.4, 0.5) is 5.13 Å². The summed E-state index contributed by atoms with van der Waals surface area (Å²) in [5.41, 5.74) is 3.80. The molecule has 5 rings (SSSR count). The lowest BCUT2D eigenvalue weighted by atomic mass is 10.0. The molecule has 1 N–H and O–H groups in total. The lowest BCUT2D eigenvalue weighted by Gasteiger charge is -2.16. The lowest BCUT2D eigenvalue weighted by molar-refractivity contribution is -0.119. The van der Waals surface area contributed by atoms with Crippen molar-refractivity contribution in [3.05, 3.63) is 88.2 Å². The first kappa shape index (κ1) is 21.2. The molecule has 0 fully saturated rings. The van der Waals surface area contributed by atoms with Crippen LogP contribution in [0.3, 0.4) is 0 Å². The van der Waals surface area contributed by atoms with Gasteiger partial charge in [0.2, 0.25) is 5.91 Å². The monoisotopic (exact) mass is 472 g/mol. The smallest absolute Gasteiger partial charge is 0.263 e. The van der Waals surface area contributed by atoms with Crippen LogP contribution < -0.4 is 10.9 Å². The van der Waals surface area contributed by atoms with E-state index < -0.39 is 6.04 Å². The molecule has 0 aliphatic heterocycles. The number of fused-ring (bicyclic) bond motifs is 1. The predicted molar refractivity (Wildman–Crippen MR) is 135 cm³/mol. The van der Waals surface area contributed by atoms with E-state index in [1.807, 2.05) is 42.6 Å². The van der Waals surface area contributed by atoms with Crippen molar-refractivity contribution in [2.45, 2.75) is 19.4 Å². The SMILES string of the molecule is CCC(C(=O)Nc1nccs1)n1cnc2scc(-c3ccc(-c4ccccc4)cc3)c2c1=O. The summed E-state index contributed by atoms with van der Waals surface area (Å²) in [5.74, 6) is -0.278. The van der Waals surface area contributed by atoms with Gasteiger partial charge in [0.15, 0.2) is 5.13 Å². The second-order valence-electron chi connectivity index (χ2n) is 7.48. The fourth-order valence-electron chi connectivity index (χ4n) is 3.84. The Bertz CT molecular complexity index is 1460. The van der Waals surface area contributed by atoms with Gasteiger partial charge >= 0.3 is 0 Å². The Kier molecular flexibility index (Phi) is 5.85. The number of carbonyl (C=O) groups is 1. The number of nitrogens with zero attached hydrogens (tertiary/aromatic N) is 3. The van der Waals surface area contributed by atoms with Gasteiger partial charge in [0.1, 0.15) is 10.9 Å². The number of benzene rings is 2. The van der Waals surface area contributed by atoms with Crippen molar-refractivity contribution in [2.75, 3.05) is 5.32 Å². The third-order valence-electron chi connectivity index (χ3n) is 5.51. The van der Waals surface area contributed by atoms with Gasteiger partial charge in [-0.15, -0.1) is 22.7 Å². The molecule has 0 saturated carbocycles. The summed E-state index contributed by atoms with van der Waals surface area (Å²) in [4.78, 5) is 35.6. The maximum absolute atomic E-state index is 13.5. The highest BCUT2D eigenvalue weighted by atomic mass is 32.1. The van der Waals surface area contributed by atoms with Gasteiger partial charge in [-0.05, 0) is 23.1 Å². The molecule has 0 radical (unpaired) electrons. The summed E-state index contributed by atoms with van der Waals surface area (Å²) in [6.45, 7) is 1.87. The number of hydrogen-bond acceptors (Lipinski definition) is 6. The van der Waals surface area contributed by atoms with E-state index in [0.29, 0.717) is 21.8 Å². The highest BCUT2D eigenvalue weighted by molar-refractivity contribution is 7.17. The highest BCUT2D eigenvalue weighted by Crippen LogP contribution is 2.32. The van der Waals surface area contributed by atoms with Gasteiger partial charge in [0.25, 0.3) is 5.56 Å². The molecular weight excluding hydrogens is 452 g/mol. The first-order valence-corrected chi connectivity index (χ1v) is 12.3. The molecule has 0 bridgehead atoms. The quantitative estimate of drug-likeness (QED) is 0.337. The summed E-state index contributed by atoms with van der Waals surface area (Å²) >= 11 is 2.77. The van der Waals surface area contributed by atoms with E-state index in [9.17, 15) is 9.59 Å². The average Bonchev–Trinajstić information content (AvgIpc) is 3.52. The van der Waals surface area contributed by atoms with Crippen LogP contribution in [0, 0.1) is 0 Å². The Morgan fingerprint density at radius 2 is 1.73 bits per heavy atom. The molecule has 164 valence electrons. The van der Waals surface area contributed by atoms with Gasteiger partial charge in [-0.1, -0.05) is 61.5 Å². The summed E-state index contributed by atoms with van der Waals surface area (Å²) in [5, 5.41) is 7.58. The van der Waals surface area contributed by atoms with E-state index in [-0.39, 0.29) is 11.5 Å². The number of nitrogens with one attached hydrogen (secondary N) is 1. The fraction of sp³-hybridized carbons (Fsp3) is 0.120. The highest BCUT2D eigenvalue weighted by Gasteiger charge is 2.23. The first-order chi connectivity index (χ1) is 16.2. The van der Waals surface area contributed by atoms with Crippen LogP contribution in [0.15, 0.2) is 82.7 Å². The Morgan fingerprint density at radius 3 is 2.42 bits per heavy atom. The fourth-order valence-corrected chi connectivity index (χ4v) is 5.27. The van der Waals surface area contributed by atoms with Gasteiger partial charge in [0.05, 0.1) is 11.7 Å². The molecule has 0 aliphatic carbocycles. The zero-order valence-electron chi connectivity index (χ0n) is 17.8. The van der Waals surface area contributed by atoms with Crippen molar-refractivity contribution in [1.82, 2.24) is 14.5 Å². The number of hydrogen-bond donors (Lipinski definition) is 1. The zero-order chi connectivity index (χ0) is 22.8. The number of carbonyl (C=O) groups excluding carboxylic acids is 1. The molecule has 6 nitrogen and oxygen atoms in total. The number of thiophene rings is 1.